The first-order valence-corrected chi connectivity index (χ1v) is 7.15. The van der Waals surface area contributed by atoms with Crippen LogP contribution in [0.4, 0.5) is 4.39 Å². The molecular weight excluding hydrogens is 295 g/mol. The molecule has 0 radical (unpaired) electrons. The minimum Gasteiger partial charge on any atom is -0.439 e. The highest BCUT2D eigenvalue weighted by Gasteiger charge is 2.07. The number of aromatic nitrogens is 1. The van der Waals surface area contributed by atoms with Gasteiger partial charge < -0.3 is 15.4 Å². The summed E-state index contributed by atoms with van der Waals surface area (Å²) in [4.78, 5) is 8.31. The molecule has 120 valence electrons. The van der Waals surface area contributed by atoms with E-state index >= 15 is 0 Å². The molecule has 0 aliphatic heterocycles. The lowest BCUT2D eigenvalue weighted by molar-refractivity contribution is 0.450. The normalized spacial score (nSPS) is 11.0. The number of aliphatic imine (C=N–C) groups is 1. The molecule has 1 heterocycles. The molecule has 1 aromatic carbocycles. The molecule has 23 heavy (non-hydrogen) atoms. The van der Waals surface area contributed by atoms with Crippen molar-refractivity contribution in [3.8, 4) is 11.6 Å². The topological polar surface area (TPSA) is 58.5 Å². The van der Waals surface area contributed by atoms with E-state index in [2.05, 4.69) is 27.2 Å². The molecule has 0 aliphatic rings. The highest BCUT2D eigenvalue weighted by molar-refractivity contribution is 5.79. The van der Waals surface area contributed by atoms with Crippen LogP contribution in [-0.4, -0.2) is 24.5 Å². The van der Waals surface area contributed by atoms with Crippen molar-refractivity contribution in [2.24, 2.45) is 4.99 Å². The minimum absolute atomic E-state index is 0.355. The summed E-state index contributed by atoms with van der Waals surface area (Å²) in [5.74, 6) is 1.11. The van der Waals surface area contributed by atoms with Gasteiger partial charge in [-0.3, -0.25) is 4.99 Å². The van der Waals surface area contributed by atoms with E-state index in [4.69, 9.17) is 4.74 Å². The van der Waals surface area contributed by atoms with Crippen LogP contribution in [0, 0.1) is 5.82 Å². The number of rotatable bonds is 6. The molecule has 2 aromatic rings. The van der Waals surface area contributed by atoms with Crippen LogP contribution < -0.4 is 15.4 Å². The van der Waals surface area contributed by atoms with E-state index in [1.807, 2.05) is 12.1 Å². The summed E-state index contributed by atoms with van der Waals surface area (Å²) in [5, 5.41) is 6.23. The predicted molar refractivity (Wildman–Crippen MR) is 89.1 cm³/mol. The summed E-state index contributed by atoms with van der Waals surface area (Å²) in [7, 11) is 1.69. The van der Waals surface area contributed by atoms with Crippen LogP contribution in [0.5, 0.6) is 11.6 Å². The smallest absolute Gasteiger partial charge is 0.224 e. The van der Waals surface area contributed by atoms with E-state index in [1.165, 1.54) is 12.1 Å². The summed E-state index contributed by atoms with van der Waals surface area (Å²) in [6.07, 6.45) is 3.37. The van der Waals surface area contributed by atoms with Crippen LogP contribution in [-0.2, 0) is 6.54 Å². The lowest BCUT2D eigenvalue weighted by Gasteiger charge is -2.13. The molecule has 0 aliphatic carbocycles. The van der Waals surface area contributed by atoms with E-state index < -0.39 is 0 Å². The Morgan fingerprint density at radius 1 is 1.35 bits per heavy atom. The van der Waals surface area contributed by atoms with Crippen molar-refractivity contribution in [1.82, 2.24) is 15.6 Å². The summed E-state index contributed by atoms with van der Waals surface area (Å²) < 4.78 is 18.9. The van der Waals surface area contributed by atoms with E-state index in [9.17, 15) is 4.39 Å². The van der Waals surface area contributed by atoms with Crippen LogP contribution in [0.2, 0.25) is 0 Å². The number of ether oxygens (including phenoxy) is 1. The largest absolute Gasteiger partial charge is 0.439 e. The number of hydrogen-bond acceptors (Lipinski definition) is 3. The molecule has 0 spiro atoms. The zero-order valence-electron chi connectivity index (χ0n) is 12.9. The van der Waals surface area contributed by atoms with Crippen molar-refractivity contribution in [3.05, 3.63) is 66.6 Å². The van der Waals surface area contributed by atoms with Gasteiger partial charge in [0.1, 0.15) is 11.6 Å². The second kappa shape index (κ2) is 8.53. The maximum atomic E-state index is 13.2. The van der Waals surface area contributed by atoms with Crippen molar-refractivity contribution in [2.75, 3.05) is 13.6 Å². The Labute approximate surface area is 134 Å². The lowest BCUT2D eigenvalue weighted by atomic mass is 10.2. The zero-order chi connectivity index (χ0) is 16.5. The fourth-order valence-electron chi connectivity index (χ4n) is 1.86. The van der Waals surface area contributed by atoms with E-state index in [0.717, 1.165) is 5.56 Å². The third kappa shape index (κ3) is 5.10. The van der Waals surface area contributed by atoms with Crippen LogP contribution in [0.25, 0.3) is 0 Å². The molecule has 5 nitrogen and oxygen atoms in total. The van der Waals surface area contributed by atoms with Crippen molar-refractivity contribution in [3.63, 3.8) is 0 Å². The van der Waals surface area contributed by atoms with Crippen molar-refractivity contribution in [1.29, 1.82) is 0 Å². The lowest BCUT2D eigenvalue weighted by Crippen LogP contribution is -2.36. The number of pyridine rings is 1. The fourth-order valence-corrected chi connectivity index (χ4v) is 1.86. The van der Waals surface area contributed by atoms with E-state index in [0.29, 0.717) is 30.7 Å². The molecule has 2 N–H and O–H groups in total. The SMILES string of the molecule is C=CCNC(=NC)NCc1cccnc1Oc1cccc(F)c1. The maximum absolute atomic E-state index is 13.2. The van der Waals surface area contributed by atoms with Crippen LogP contribution in [0.1, 0.15) is 5.56 Å². The predicted octanol–water partition coefficient (Wildman–Crippen LogP) is 2.86. The minimum atomic E-state index is -0.355. The number of guanidine groups is 1. The van der Waals surface area contributed by atoms with Gasteiger partial charge in [0.15, 0.2) is 5.96 Å². The summed E-state index contributed by atoms with van der Waals surface area (Å²) in [6, 6.07) is 9.65. The Morgan fingerprint density at radius 2 is 2.22 bits per heavy atom. The van der Waals surface area contributed by atoms with Crippen molar-refractivity contribution < 1.29 is 9.13 Å². The molecule has 0 unspecified atom stereocenters. The summed E-state index contributed by atoms with van der Waals surface area (Å²) in [5.41, 5.74) is 0.832. The van der Waals surface area contributed by atoms with Crippen molar-refractivity contribution >= 4 is 5.96 Å². The molecule has 0 saturated heterocycles. The van der Waals surface area contributed by atoms with Gasteiger partial charge in [0, 0.05) is 38.0 Å². The number of nitrogens with one attached hydrogen (secondary N) is 2. The van der Waals surface area contributed by atoms with Gasteiger partial charge >= 0.3 is 0 Å². The second-order valence-electron chi connectivity index (χ2n) is 4.62. The van der Waals surface area contributed by atoms with Crippen LogP contribution in [0.15, 0.2) is 60.2 Å². The van der Waals surface area contributed by atoms with Crippen LogP contribution in [0.3, 0.4) is 0 Å². The molecule has 0 bridgehead atoms. The number of nitrogens with zero attached hydrogens (tertiary/aromatic N) is 2. The molecule has 0 saturated carbocycles. The highest BCUT2D eigenvalue weighted by atomic mass is 19.1. The van der Waals surface area contributed by atoms with Gasteiger partial charge in [0.25, 0.3) is 0 Å². The third-order valence-electron chi connectivity index (χ3n) is 2.94. The van der Waals surface area contributed by atoms with Gasteiger partial charge in [-0.25, -0.2) is 9.37 Å². The quantitative estimate of drug-likeness (QED) is 0.489. The second-order valence-corrected chi connectivity index (χ2v) is 4.62. The first-order chi connectivity index (χ1) is 11.2. The summed E-state index contributed by atoms with van der Waals surface area (Å²) >= 11 is 0. The zero-order valence-corrected chi connectivity index (χ0v) is 12.9. The number of hydrogen-bond donors (Lipinski definition) is 2. The average Bonchev–Trinajstić information content (AvgIpc) is 2.56. The number of benzene rings is 1. The third-order valence-corrected chi connectivity index (χ3v) is 2.94. The van der Waals surface area contributed by atoms with Gasteiger partial charge in [-0.1, -0.05) is 18.2 Å². The molecule has 0 atom stereocenters. The fraction of sp³-hybridized carbons (Fsp3) is 0.176. The molecular formula is C17H19FN4O. The summed E-state index contributed by atoms with van der Waals surface area (Å²) in [6.45, 7) is 4.73. The van der Waals surface area contributed by atoms with Gasteiger partial charge in [0.2, 0.25) is 5.88 Å². The monoisotopic (exact) mass is 314 g/mol. The Morgan fingerprint density at radius 3 is 2.96 bits per heavy atom. The Kier molecular flexibility index (Phi) is 6.11. The first kappa shape index (κ1) is 16.5. The van der Waals surface area contributed by atoms with Gasteiger partial charge in [-0.2, -0.15) is 0 Å². The van der Waals surface area contributed by atoms with E-state index in [-0.39, 0.29) is 5.82 Å². The van der Waals surface area contributed by atoms with Crippen molar-refractivity contribution in [2.45, 2.75) is 6.54 Å². The van der Waals surface area contributed by atoms with Gasteiger partial charge in [0.05, 0.1) is 0 Å². The molecule has 0 amide bonds. The molecule has 0 fully saturated rings. The standard InChI is InChI=1S/C17H19FN4O/c1-3-9-21-17(19-2)22-12-13-6-5-10-20-16(13)23-15-8-4-7-14(18)11-15/h3-8,10-11H,1,9,12H2,2H3,(H2,19,21,22). The Bertz CT molecular complexity index is 688. The van der Waals surface area contributed by atoms with Gasteiger partial charge in [-0.15, -0.1) is 6.58 Å². The highest BCUT2D eigenvalue weighted by Crippen LogP contribution is 2.23. The first-order valence-electron chi connectivity index (χ1n) is 7.15. The van der Waals surface area contributed by atoms with Gasteiger partial charge in [-0.05, 0) is 18.2 Å². The Hall–Kier alpha value is -2.89. The molecule has 2 rings (SSSR count). The maximum Gasteiger partial charge on any atom is 0.224 e. The number of halogens is 1. The van der Waals surface area contributed by atoms with E-state index in [1.54, 1.807) is 31.5 Å². The molecule has 6 heteroatoms. The van der Waals surface area contributed by atoms with Crippen LogP contribution >= 0.6 is 0 Å². The Balaban J connectivity index is 2.07. The average molecular weight is 314 g/mol. The molecule has 1 aromatic heterocycles.